The number of ether oxygens (including phenoxy) is 2. The summed E-state index contributed by atoms with van der Waals surface area (Å²) in [6.07, 6.45) is 7.34. The molecule has 218 valence electrons. The van der Waals surface area contributed by atoms with Crippen LogP contribution < -0.4 is 4.74 Å². The van der Waals surface area contributed by atoms with Crippen LogP contribution in [0, 0.1) is 30.1 Å². The molecule has 1 aromatic carbocycles. The molecule has 1 aliphatic carbocycles. The zero-order chi connectivity index (χ0) is 28.5. The molecule has 1 aromatic rings. The van der Waals surface area contributed by atoms with Crippen LogP contribution in [0.4, 0.5) is 0 Å². The molecule has 2 N–H and O–H groups in total. The maximum absolute atomic E-state index is 12.2. The largest absolute Gasteiger partial charge is 0.504 e. The Morgan fingerprint density at radius 2 is 1.79 bits per heavy atom. The molecule has 38 heavy (non-hydrogen) atoms. The normalized spacial score (nSPS) is 28.1. The molecular formula is C33H57NO4. The summed E-state index contributed by atoms with van der Waals surface area (Å²) in [6, 6.07) is 4.31. The molecule has 0 bridgehead atoms. The summed E-state index contributed by atoms with van der Waals surface area (Å²) >= 11 is 0. The number of likely N-dealkylation sites (tertiary alicyclic amines) is 1. The van der Waals surface area contributed by atoms with Crippen molar-refractivity contribution in [2.75, 3.05) is 27.3 Å². The third kappa shape index (κ3) is 5.90. The van der Waals surface area contributed by atoms with Crippen molar-refractivity contribution < 1.29 is 19.7 Å². The highest BCUT2D eigenvalue weighted by molar-refractivity contribution is 5.54. The highest BCUT2D eigenvalue weighted by Crippen LogP contribution is 2.55. The summed E-state index contributed by atoms with van der Waals surface area (Å²) in [6.45, 7) is 19.7. The van der Waals surface area contributed by atoms with E-state index >= 15 is 0 Å². The summed E-state index contributed by atoms with van der Waals surface area (Å²) in [5, 5.41) is 23.8. The Morgan fingerprint density at radius 1 is 1.13 bits per heavy atom. The second-order valence-electron chi connectivity index (χ2n) is 13.7. The van der Waals surface area contributed by atoms with E-state index in [-0.39, 0.29) is 34.5 Å². The Balaban J connectivity index is 2.19. The van der Waals surface area contributed by atoms with Crippen molar-refractivity contribution in [3.8, 4) is 11.5 Å². The number of methoxy groups -OCH3 is 2. The molecule has 0 spiro atoms. The summed E-state index contributed by atoms with van der Waals surface area (Å²) in [5.74, 6) is 1.85. The van der Waals surface area contributed by atoms with Crippen LogP contribution in [0.3, 0.4) is 0 Å². The lowest BCUT2D eigenvalue weighted by Crippen LogP contribution is -2.59. The average Bonchev–Trinajstić information content (AvgIpc) is 3.67. The SMILES string of the molecule is CCCC(OC)C(CC1C(C)N(CC2CC2)CCC1(CC)c1c(C)ccc(OC)c1O)[C@](C)(O)C(C)(C)C. The molecule has 0 aromatic heterocycles. The van der Waals surface area contributed by atoms with Gasteiger partial charge in [0.2, 0.25) is 0 Å². The molecule has 1 saturated carbocycles. The van der Waals surface area contributed by atoms with E-state index < -0.39 is 5.60 Å². The van der Waals surface area contributed by atoms with Gasteiger partial charge in [0.25, 0.3) is 0 Å². The first-order valence-electron chi connectivity index (χ1n) is 15.1. The van der Waals surface area contributed by atoms with Gasteiger partial charge in [0.1, 0.15) is 0 Å². The summed E-state index contributed by atoms with van der Waals surface area (Å²) in [4.78, 5) is 2.70. The Labute approximate surface area is 233 Å². The number of phenols is 1. The van der Waals surface area contributed by atoms with Crippen LogP contribution in [-0.4, -0.2) is 60.2 Å². The summed E-state index contributed by atoms with van der Waals surface area (Å²) in [5.41, 5.74) is 0.705. The number of aromatic hydroxyl groups is 1. The molecular weight excluding hydrogens is 474 g/mol. The zero-order valence-electron chi connectivity index (χ0n) is 26.1. The maximum Gasteiger partial charge on any atom is 0.161 e. The van der Waals surface area contributed by atoms with E-state index in [1.165, 1.54) is 12.8 Å². The van der Waals surface area contributed by atoms with E-state index in [2.05, 4.69) is 59.4 Å². The van der Waals surface area contributed by atoms with Gasteiger partial charge in [-0.25, -0.2) is 0 Å². The van der Waals surface area contributed by atoms with Crippen molar-refractivity contribution in [2.24, 2.45) is 23.2 Å². The summed E-state index contributed by atoms with van der Waals surface area (Å²) in [7, 11) is 3.44. The third-order valence-electron chi connectivity index (χ3n) is 10.7. The molecule has 1 heterocycles. The first-order chi connectivity index (χ1) is 17.8. The molecule has 2 aliphatic rings. The average molecular weight is 532 g/mol. The Hall–Kier alpha value is -1.30. The Bertz CT molecular complexity index is 918. The topological polar surface area (TPSA) is 62.2 Å². The van der Waals surface area contributed by atoms with E-state index in [4.69, 9.17) is 9.47 Å². The van der Waals surface area contributed by atoms with E-state index in [1.54, 1.807) is 14.2 Å². The number of piperidine rings is 1. The van der Waals surface area contributed by atoms with Crippen LogP contribution in [0.5, 0.6) is 11.5 Å². The molecule has 3 rings (SSSR count). The molecule has 1 saturated heterocycles. The quantitative estimate of drug-likeness (QED) is 0.301. The molecule has 0 amide bonds. The van der Waals surface area contributed by atoms with E-state index in [9.17, 15) is 10.2 Å². The molecule has 1 aliphatic heterocycles. The first kappa shape index (κ1) is 31.2. The number of aryl methyl sites for hydroxylation is 1. The van der Waals surface area contributed by atoms with Crippen molar-refractivity contribution >= 4 is 0 Å². The fraction of sp³-hybridized carbons (Fsp3) is 0.818. The predicted octanol–water partition coefficient (Wildman–Crippen LogP) is 7.10. The van der Waals surface area contributed by atoms with Crippen LogP contribution in [-0.2, 0) is 10.2 Å². The number of rotatable bonds is 12. The lowest BCUT2D eigenvalue weighted by atomic mass is 9.55. The number of hydrogen-bond acceptors (Lipinski definition) is 5. The lowest BCUT2D eigenvalue weighted by molar-refractivity contribution is -0.148. The molecule has 5 heteroatoms. The van der Waals surface area contributed by atoms with Gasteiger partial charge in [-0.1, -0.05) is 47.1 Å². The van der Waals surface area contributed by atoms with Crippen LogP contribution in [0.15, 0.2) is 12.1 Å². The van der Waals surface area contributed by atoms with Gasteiger partial charge in [0, 0.05) is 36.6 Å². The number of benzene rings is 1. The first-order valence-corrected chi connectivity index (χ1v) is 15.1. The van der Waals surface area contributed by atoms with Gasteiger partial charge >= 0.3 is 0 Å². The van der Waals surface area contributed by atoms with Crippen LogP contribution in [0.2, 0.25) is 0 Å². The van der Waals surface area contributed by atoms with Crippen molar-refractivity contribution in [3.05, 3.63) is 23.3 Å². The van der Waals surface area contributed by atoms with Gasteiger partial charge < -0.3 is 24.6 Å². The molecule has 0 radical (unpaired) electrons. The van der Waals surface area contributed by atoms with Gasteiger partial charge in [-0.05, 0) is 94.7 Å². The molecule has 5 nitrogen and oxygen atoms in total. The third-order valence-corrected chi connectivity index (χ3v) is 10.7. The lowest BCUT2D eigenvalue weighted by Gasteiger charge is -2.56. The second kappa shape index (κ2) is 12.1. The van der Waals surface area contributed by atoms with Gasteiger partial charge in [0.15, 0.2) is 11.5 Å². The summed E-state index contributed by atoms with van der Waals surface area (Å²) < 4.78 is 11.8. The van der Waals surface area contributed by atoms with Crippen LogP contribution >= 0.6 is 0 Å². The minimum Gasteiger partial charge on any atom is -0.504 e. The Morgan fingerprint density at radius 3 is 2.29 bits per heavy atom. The highest BCUT2D eigenvalue weighted by atomic mass is 16.5. The van der Waals surface area contributed by atoms with Crippen molar-refractivity contribution in [1.82, 2.24) is 4.90 Å². The Kier molecular flexibility index (Phi) is 9.91. The van der Waals surface area contributed by atoms with Gasteiger partial charge in [-0.3, -0.25) is 0 Å². The van der Waals surface area contributed by atoms with Crippen molar-refractivity contribution in [3.63, 3.8) is 0 Å². The number of hydrogen-bond donors (Lipinski definition) is 2. The van der Waals surface area contributed by atoms with Crippen LogP contribution in [0.25, 0.3) is 0 Å². The van der Waals surface area contributed by atoms with Crippen LogP contribution in [0.1, 0.15) is 105 Å². The fourth-order valence-electron chi connectivity index (χ4n) is 7.49. The number of phenolic OH excluding ortho intramolecular Hbond substituents is 1. The minimum atomic E-state index is -0.924. The molecule has 6 atom stereocenters. The number of aliphatic hydroxyl groups is 1. The zero-order valence-corrected chi connectivity index (χ0v) is 26.1. The molecule has 2 fully saturated rings. The standard InChI is InChI=1S/C33H57NO4/c1-11-13-27(37-9)26(32(8,36)31(5,6)7)20-25-23(4)34(21-24-15-16-24)19-18-33(25,12-2)29-22(3)14-17-28(38-10)30(29)35/h14,17,23-27,35-36H,11-13,15-16,18-21H2,1-10H3/t23?,25?,26?,27?,32-,33?/m0/s1. The van der Waals surface area contributed by atoms with Gasteiger partial charge in [-0.15, -0.1) is 0 Å². The van der Waals surface area contributed by atoms with Gasteiger partial charge in [-0.2, -0.15) is 0 Å². The van der Waals surface area contributed by atoms with E-state index in [0.29, 0.717) is 11.8 Å². The van der Waals surface area contributed by atoms with Crippen molar-refractivity contribution in [1.29, 1.82) is 0 Å². The predicted molar refractivity (Wildman–Crippen MR) is 157 cm³/mol. The maximum atomic E-state index is 12.2. The van der Waals surface area contributed by atoms with E-state index in [0.717, 1.165) is 62.2 Å². The second-order valence-corrected chi connectivity index (χ2v) is 13.7. The fourth-order valence-corrected chi connectivity index (χ4v) is 7.49. The van der Waals surface area contributed by atoms with Gasteiger partial charge in [0.05, 0.1) is 18.8 Å². The smallest absolute Gasteiger partial charge is 0.161 e. The van der Waals surface area contributed by atoms with Crippen molar-refractivity contribution in [2.45, 2.75) is 123 Å². The molecule has 5 unspecified atom stereocenters. The minimum absolute atomic E-state index is 0.0326. The monoisotopic (exact) mass is 531 g/mol. The number of nitrogens with zero attached hydrogens (tertiary/aromatic N) is 1. The highest BCUT2D eigenvalue weighted by Gasteiger charge is 2.54. The van der Waals surface area contributed by atoms with E-state index in [1.807, 2.05) is 13.0 Å².